The van der Waals surface area contributed by atoms with E-state index in [1.807, 2.05) is 31.2 Å². The topological polar surface area (TPSA) is 67.4 Å². The van der Waals surface area contributed by atoms with Crippen LogP contribution in [0.1, 0.15) is 18.4 Å². The van der Waals surface area contributed by atoms with Crippen molar-refractivity contribution in [1.29, 1.82) is 0 Å². The van der Waals surface area contributed by atoms with Crippen LogP contribution in [0.3, 0.4) is 0 Å². The molecular weight excluding hydrogens is 244 g/mol. The fourth-order valence-electron chi connectivity index (χ4n) is 1.93. The maximum atomic E-state index is 11.7. The Morgan fingerprint density at radius 3 is 2.84 bits per heavy atom. The van der Waals surface area contributed by atoms with Gasteiger partial charge in [-0.05, 0) is 31.9 Å². The van der Waals surface area contributed by atoms with E-state index in [0.717, 1.165) is 12.0 Å². The van der Waals surface area contributed by atoms with E-state index in [9.17, 15) is 9.59 Å². The first-order valence-corrected chi connectivity index (χ1v) is 6.42. The Kier molecular flexibility index (Phi) is 4.39. The van der Waals surface area contributed by atoms with Gasteiger partial charge in [0.1, 0.15) is 11.8 Å². The van der Waals surface area contributed by atoms with Gasteiger partial charge in [-0.25, -0.2) is 0 Å². The molecule has 0 radical (unpaired) electrons. The number of ether oxygens (including phenoxy) is 1. The van der Waals surface area contributed by atoms with Gasteiger partial charge >= 0.3 is 0 Å². The fourth-order valence-corrected chi connectivity index (χ4v) is 1.93. The molecule has 1 aliphatic heterocycles. The fraction of sp³-hybridized carbons (Fsp3) is 0.429. The molecule has 2 amide bonds. The Morgan fingerprint density at radius 1 is 1.42 bits per heavy atom. The van der Waals surface area contributed by atoms with Crippen LogP contribution >= 0.6 is 0 Å². The minimum Gasteiger partial charge on any atom is -0.484 e. The van der Waals surface area contributed by atoms with Crippen molar-refractivity contribution in [3.8, 4) is 5.75 Å². The minimum atomic E-state index is -0.428. The lowest BCUT2D eigenvalue weighted by molar-refractivity contribution is -0.131. The number of benzene rings is 1. The molecule has 1 fully saturated rings. The van der Waals surface area contributed by atoms with Crippen LogP contribution in [0.2, 0.25) is 0 Å². The molecule has 0 aliphatic carbocycles. The summed E-state index contributed by atoms with van der Waals surface area (Å²) in [5.41, 5.74) is 1.13. The van der Waals surface area contributed by atoms with Gasteiger partial charge < -0.3 is 15.4 Å². The van der Waals surface area contributed by atoms with Crippen LogP contribution in [-0.4, -0.2) is 31.0 Å². The van der Waals surface area contributed by atoms with E-state index in [1.54, 1.807) is 0 Å². The summed E-state index contributed by atoms with van der Waals surface area (Å²) in [6.45, 7) is 2.59. The van der Waals surface area contributed by atoms with E-state index in [0.29, 0.717) is 18.7 Å². The summed E-state index contributed by atoms with van der Waals surface area (Å²) in [4.78, 5) is 23.2. The Hall–Kier alpha value is -2.04. The molecule has 0 spiro atoms. The van der Waals surface area contributed by atoms with Crippen LogP contribution in [-0.2, 0) is 9.59 Å². The van der Waals surface area contributed by atoms with E-state index in [2.05, 4.69) is 10.6 Å². The molecule has 1 saturated heterocycles. The van der Waals surface area contributed by atoms with Crippen molar-refractivity contribution in [2.24, 2.45) is 0 Å². The monoisotopic (exact) mass is 262 g/mol. The molecule has 2 N–H and O–H groups in total. The van der Waals surface area contributed by atoms with Crippen molar-refractivity contribution in [3.63, 3.8) is 0 Å². The summed E-state index contributed by atoms with van der Waals surface area (Å²) in [6.07, 6.45) is 1.57. The highest BCUT2D eigenvalue weighted by Crippen LogP contribution is 2.11. The van der Waals surface area contributed by atoms with Crippen molar-refractivity contribution in [1.82, 2.24) is 10.6 Å². The molecule has 0 saturated carbocycles. The molecule has 5 nitrogen and oxygen atoms in total. The van der Waals surface area contributed by atoms with E-state index in [-0.39, 0.29) is 18.4 Å². The van der Waals surface area contributed by atoms with E-state index in [1.165, 1.54) is 0 Å². The van der Waals surface area contributed by atoms with Crippen molar-refractivity contribution in [3.05, 3.63) is 29.8 Å². The Labute approximate surface area is 112 Å². The van der Waals surface area contributed by atoms with Crippen LogP contribution in [0.15, 0.2) is 24.3 Å². The second kappa shape index (κ2) is 6.22. The predicted molar refractivity (Wildman–Crippen MR) is 70.8 cm³/mol. The van der Waals surface area contributed by atoms with Crippen molar-refractivity contribution < 1.29 is 14.3 Å². The molecule has 102 valence electrons. The number of hydrogen-bond acceptors (Lipinski definition) is 3. The second-order valence-corrected chi connectivity index (χ2v) is 4.66. The zero-order valence-corrected chi connectivity index (χ0v) is 10.9. The molecule has 1 atom stereocenters. The van der Waals surface area contributed by atoms with E-state index in [4.69, 9.17) is 4.74 Å². The molecule has 2 rings (SSSR count). The Bertz CT molecular complexity index is 456. The number of hydrogen-bond donors (Lipinski definition) is 2. The van der Waals surface area contributed by atoms with Crippen molar-refractivity contribution >= 4 is 11.8 Å². The number of amides is 2. The number of rotatable bonds is 4. The molecule has 0 aromatic heterocycles. The van der Waals surface area contributed by atoms with E-state index >= 15 is 0 Å². The molecule has 0 bridgehead atoms. The number of carbonyl (C=O) groups is 2. The second-order valence-electron chi connectivity index (χ2n) is 4.66. The average Bonchev–Trinajstić information content (AvgIpc) is 2.41. The normalized spacial score (nSPS) is 18.6. The smallest absolute Gasteiger partial charge is 0.258 e. The maximum Gasteiger partial charge on any atom is 0.258 e. The van der Waals surface area contributed by atoms with Gasteiger partial charge in [-0.2, -0.15) is 0 Å². The first-order valence-electron chi connectivity index (χ1n) is 6.42. The highest BCUT2D eigenvalue weighted by atomic mass is 16.5. The van der Waals surface area contributed by atoms with E-state index < -0.39 is 6.04 Å². The number of carbonyl (C=O) groups excluding carboxylic acids is 2. The average molecular weight is 262 g/mol. The molecule has 1 aliphatic rings. The molecule has 1 aromatic carbocycles. The SMILES string of the molecule is Cc1ccc(OCC(=O)NC2CCCNC2=O)cc1. The summed E-state index contributed by atoms with van der Waals surface area (Å²) in [5, 5.41) is 5.40. The highest BCUT2D eigenvalue weighted by Gasteiger charge is 2.23. The Morgan fingerprint density at radius 2 is 2.16 bits per heavy atom. The van der Waals surface area contributed by atoms with Crippen LogP contribution in [0.5, 0.6) is 5.75 Å². The van der Waals surface area contributed by atoms with Gasteiger partial charge in [-0.15, -0.1) is 0 Å². The van der Waals surface area contributed by atoms with Crippen molar-refractivity contribution in [2.45, 2.75) is 25.8 Å². The zero-order chi connectivity index (χ0) is 13.7. The van der Waals surface area contributed by atoms with Crippen LogP contribution in [0.4, 0.5) is 0 Å². The summed E-state index contributed by atoms with van der Waals surface area (Å²) >= 11 is 0. The molecule has 19 heavy (non-hydrogen) atoms. The first-order chi connectivity index (χ1) is 9.15. The third-order valence-electron chi connectivity index (χ3n) is 3.01. The standard InChI is InChI=1S/C14H18N2O3/c1-10-4-6-11(7-5-10)19-9-13(17)16-12-3-2-8-15-14(12)18/h4-7,12H,2-3,8-9H2,1H3,(H,15,18)(H,16,17). The van der Waals surface area contributed by atoms with Gasteiger partial charge in [0.15, 0.2) is 6.61 Å². The molecule has 1 aromatic rings. The highest BCUT2D eigenvalue weighted by molar-refractivity contribution is 5.88. The summed E-state index contributed by atoms with van der Waals surface area (Å²) in [6, 6.07) is 7.04. The van der Waals surface area contributed by atoms with Gasteiger partial charge in [-0.3, -0.25) is 9.59 Å². The third-order valence-corrected chi connectivity index (χ3v) is 3.01. The van der Waals surface area contributed by atoms with Crippen LogP contribution in [0, 0.1) is 6.92 Å². The first kappa shape index (κ1) is 13.4. The third kappa shape index (κ3) is 3.98. The lowest BCUT2D eigenvalue weighted by atomic mass is 10.1. The number of nitrogens with one attached hydrogen (secondary N) is 2. The largest absolute Gasteiger partial charge is 0.484 e. The van der Waals surface area contributed by atoms with Gasteiger partial charge in [0, 0.05) is 6.54 Å². The lowest BCUT2D eigenvalue weighted by Crippen LogP contribution is -2.51. The zero-order valence-electron chi connectivity index (χ0n) is 10.9. The lowest BCUT2D eigenvalue weighted by Gasteiger charge is -2.22. The molecule has 1 unspecified atom stereocenters. The molecule has 5 heteroatoms. The summed E-state index contributed by atoms with van der Waals surface area (Å²) in [5.74, 6) is 0.256. The van der Waals surface area contributed by atoms with Crippen LogP contribution < -0.4 is 15.4 Å². The summed E-state index contributed by atoms with van der Waals surface area (Å²) in [7, 11) is 0. The minimum absolute atomic E-state index is 0.0765. The number of aryl methyl sites for hydroxylation is 1. The number of piperidine rings is 1. The molecule has 1 heterocycles. The summed E-state index contributed by atoms with van der Waals surface area (Å²) < 4.78 is 5.36. The van der Waals surface area contributed by atoms with Gasteiger partial charge in [0.2, 0.25) is 5.91 Å². The van der Waals surface area contributed by atoms with Crippen LogP contribution in [0.25, 0.3) is 0 Å². The molecular formula is C14H18N2O3. The quantitative estimate of drug-likeness (QED) is 0.842. The Balaban J connectivity index is 1.78. The van der Waals surface area contributed by atoms with Gasteiger partial charge in [0.05, 0.1) is 0 Å². The maximum absolute atomic E-state index is 11.7. The van der Waals surface area contributed by atoms with Gasteiger partial charge in [0.25, 0.3) is 5.91 Å². The predicted octanol–water partition coefficient (Wildman–Crippen LogP) is 0.769. The van der Waals surface area contributed by atoms with Crippen molar-refractivity contribution in [2.75, 3.05) is 13.2 Å². The van der Waals surface area contributed by atoms with Gasteiger partial charge in [-0.1, -0.05) is 17.7 Å².